The summed E-state index contributed by atoms with van der Waals surface area (Å²) in [5, 5.41) is 14.3. The molecule has 3 nitrogen and oxygen atoms in total. The Bertz CT molecular complexity index is 601. The molecule has 0 unspecified atom stereocenters. The fourth-order valence-electron chi connectivity index (χ4n) is 2.18. The molecule has 2 aromatic carbocycles. The van der Waals surface area contributed by atoms with Crippen LogP contribution in [0.25, 0.3) is 0 Å². The molecule has 0 aliphatic heterocycles. The van der Waals surface area contributed by atoms with E-state index >= 15 is 0 Å². The highest BCUT2D eigenvalue weighted by atomic mass is 35.5. The molecule has 0 aromatic heterocycles. The third-order valence-electron chi connectivity index (χ3n) is 3.35. The van der Waals surface area contributed by atoms with Gasteiger partial charge >= 0.3 is 0 Å². The minimum Gasteiger partial charge on any atom is -0.504 e. The van der Waals surface area contributed by atoms with Crippen molar-refractivity contribution in [3.8, 4) is 11.5 Å². The summed E-state index contributed by atoms with van der Waals surface area (Å²) in [6, 6.07) is 13.4. The monoisotopic (exact) mass is 305 g/mol. The first kappa shape index (κ1) is 15.7. The Labute approximate surface area is 130 Å². The summed E-state index contributed by atoms with van der Waals surface area (Å²) >= 11 is 6.19. The maximum absolute atomic E-state index is 10.2. The van der Waals surface area contributed by atoms with Gasteiger partial charge in [-0.2, -0.15) is 0 Å². The second-order valence-corrected chi connectivity index (χ2v) is 5.23. The number of para-hydroxylation sites is 1. The highest BCUT2D eigenvalue weighted by Crippen LogP contribution is 2.30. The van der Waals surface area contributed by atoms with Gasteiger partial charge in [-0.3, -0.25) is 0 Å². The Morgan fingerprint density at radius 2 is 1.95 bits per heavy atom. The van der Waals surface area contributed by atoms with Gasteiger partial charge in [0.15, 0.2) is 11.5 Å². The van der Waals surface area contributed by atoms with E-state index in [2.05, 4.69) is 5.32 Å². The zero-order valence-corrected chi connectivity index (χ0v) is 13.0. The van der Waals surface area contributed by atoms with Gasteiger partial charge in [0.05, 0.1) is 6.61 Å². The van der Waals surface area contributed by atoms with Crippen LogP contribution in [0, 0.1) is 0 Å². The zero-order valence-electron chi connectivity index (χ0n) is 12.3. The normalized spacial score (nSPS) is 12.1. The molecule has 1 atom stereocenters. The molecule has 0 bridgehead atoms. The van der Waals surface area contributed by atoms with Gasteiger partial charge in [0.1, 0.15) is 0 Å². The van der Waals surface area contributed by atoms with Crippen LogP contribution >= 0.6 is 11.6 Å². The van der Waals surface area contributed by atoms with E-state index in [9.17, 15) is 5.11 Å². The number of hydrogen-bond acceptors (Lipinski definition) is 3. The van der Waals surface area contributed by atoms with Gasteiger partial charge < -0.3 is 15.2 Å². The van der Waals surface area contributed by atoms with Gasteiger partial charge in [-0.25, -0.2) is 0 Å². The molecule has 4 heteroatoms. The Balaban J connectivity index is 2.06. The number of aromatic hydroxyl groups is 1. The summed E-state index contributed by atoms with van der Waals surface area (Å²) in [5.41, 5.74) is 1.85. The zero-order chi connectivity index (χ0) is 15.2. The summed E-state index contributed by atoms with van der Waals surface area (Å²) in [4.78, 5) is 0. The summed E-state index contributed by atoms with van der Waals surface area (Å²) in [7, 11) is 0. The third kappa shape index (κ3) is 3.90. The van der Waals surface area contributed by atoms with Crippen molar-refractivity contribution in [1.82, 2.24) is 5.32 Å². The summed E-state index contributed by atoms with van der Waals surface area (Å²) < 4.78 is 5.39. The number of phenols is 1. The highest BCUT2D eigenvalue weighted by molar-refractivity contribution is 6.31. The minimum atomic E-state index is 0.0915. The van der Waals surface area contributed by atoms with Gasteiger partial charge in [-0.05, 0) is 31.5 Å². The molecule has 2 N–H and O–H groups in total. The summed E-state index contributed by atoms with van der Waals surface area (Å²) in [6.45, 7) is 5.01. The van der Waals surface area contributed by atoms with E-state index in [-0.39, 0.29) is 11.8 Å². The second-order valence-electron chi connectivity index (χ2n) is 4.82. The molecule has 2 aromatic rings. The lowest BCUT2D eigenvalue weighted by Crippen LogP contribution is -2.18. The van der Waals surface area contributed by atoms with Crippen LogP contribution < -0.4 is 10.1 Å². The molecule has 0 heterocycles. The van der Waals surface area contributed by atoms with Gasteiger partial charge in [-0.1, -0.05) is 41.9 Å². The van der Waals surface area contributed by atoms with E-state index < -0.39 is 0 Å². The molecular weight excluding hydrogens is 286 g/mol. The lowest BCUT2D eigenvalue weighted by Gasteiger charge is -2.17. The van der Waals surface area contributed by atoms with Crippen molar-refractivity contribution in [1.29, 1.82) is 0 Å². The molecule has 0 saturated carbocycles. The van der Waals surface area contributed by atoms with Crippen LogP contribution in [0.4, 0.5) is 0 Å². The van der Waals surface area contributed by atoms with Crippen molar-refractivity contribution >= 4 is 11.6 Å². The Morgan fingerprint density at radius 3 is 2.67 bits per heavy atom. The molecule has 21 heavy (non-hydrogen) atoms. The van der Waals surface area contributed by atoms with Crippen molar-refractivity contribution in [2.75, 3.05) is 6.61 Å². The largest absolute Gasteiger partial charge is 0.504 e. The first-order chi connectivity index (χ1) is 10.1. The number of benzene rings is 2. The number of nitrogens with one attached hydrogen (secondary N) is 1. The van der Waals surface area contributed by atoms with E-state index in [1.54, 1.807) is 6.07 Å². The molecule has 0 radical (unpaired) electrons. The molecular formula is C17H20ClNO2. The number of hydrogen-bond donors (Lipinski definition) is 2. The molecule has 0 aliphatic carbocycles. The Kier molecular flexibility index (Phi) is 5.48. The van der Waals surface area contributed by atoms with Crippen molar-refractivity contribution in [2.45, 2.75) is 26.4 Å². The van der Waals surface area contributed by atoms with Crippen LogP contribution in [0.1, 0.15) is 31.0 Å². The van der Waals surface area contributed by atoms with E-state index in [0.29, 0.717) is 18.9 Å². The minimum absolute atomic E-state index is 0.0915. The van der Waals surface area contributed by atoms with Gasteiger partial charge in [-0.15, -0.1) is 0 Å². The van der Waals surface area contributed by atoms with Crippen molar-refractivity contribution in [3.63, 3.8) is 0 Å². The lowest BCUT2D eigenvalue weighted by atomic mass is 10.1. The summed E-state index contributed by atoms with van der Waals surface area (Å²) in [6.07, 6.45) is 0. The van der Waals surface area contributed by atoms with Gasteiger partial charge in [0.2, 0.25) is 0 Å². The fraction of sp³-hybridized carbons (Fsp3) is 0.294. The average molecular weight is 306 g/mol. The van der Waals surface area contributed by atoms with Gasteiger partial charge in [0.25, 0.3) is 0 Å². The number of phenolic OH excluding ortho intramolecular Hbond substituents is 1. The molecule has 2 rings (SSSR count). The molecule has 0 spiro atoms. The Morgan fingerprint density at radius 1 is 1.19 bits per heavy atom. The van der Waals surface area contributed by atoms with Crippen molar-refractivity contribution in [2.24, 2.45) is 0 Å². The average Bonchev–Trinajstić information content (AvgIpc) is 2.48. The molecule has 0 saturated heterocycles. The van der Waals surface area contributed by atoms with E-state index in [1.165, 1.54) is 0 Å². The molecule has 112 valence electrons. The van der Waals surface area contributed by atoms with Crippen LogP contribution in [-0.2, 0) is 6.54 Å². The molecule has 0 amide bonds. The highest BCUT2D eigenvalue weighted by Gasteiger charge is 2.11. The van der Waals surface area contributed by atoms with Gasteiger partial charge in [0, 0.05) is 23.2 Å². The van der Waals surface area contributed by atoms with Crippen molar-refractivity contribution < 1.29 is 9.84 Å². The number of ether oxygens (including phenoxy) is 1. The Hall–Kier alpha value is -1.71. The third-order valence-corrected chi connectivity index (χ3v) is 3.70. The summed E-state index contributed by atoms with van der Waals surface area (Å²) in [5.74, 6) is 0.709. The van der Waals surface area contributed by atoms with E-state index in [1.807, 2.05) is 50.2 Å². The van der Waals surface area contributed by atoms with E-state index in [0.717, 1.165) is 16.1 Å². The standard InChI is InChI=1S/C17H20ClNO2/c1-3-21-16-10-6-7-13(17(16)20)11-19-12(2)14-8-4-5-9-15(14)18/h4-10,12,19-20H,3,11H2,1-2H3/t12-/m1/s1. The van der Waals surface area contributed by atoms with Crippen LogP contribution in [0.2, 0.25) is 5.02 Å². The fourth-order valence-corrected chi connectivity index (χ4v) is 2.48. The van der Waals surface area contributed by atoms with Crippen LogP contribution in [0.5, 0.6) is 11.5 Å². The number of halogens is 1. The van der Waals surface area contributed by atoms with Crippen LogP contribution in [0.15, 0.2) is 42.5 Å². The predicted molar refractivity (Wildman–Crippen MR) is 86.0 cm³/mol. The second kappa shape index (κ2) is 7.34. The maximum Gasteiger partial charge on any atom is 0.162 e. The first-order valence-electron chi connectivity index (χ1n) is 7.05. The van der Waals surface area contributed by atoms with E-state index in [4.69, 9.17) is 16.3 Å². The SMILES string of the molecule is CCOc1cccc(CN[C@H](C)c2ccccc2Cl)c1O. The predicted octanol–water partition coefficient (Wildman–Crippen LogP) is 4.30. The van der Waals surface area contributed by atoms with Crippen LogP contribution in [-0.4, -0.2) is 11.7 Å². The molecule has 0 aliphatic rings. The first-order valence-corrected chi connectivity index (χ1v) is 7.42. The maximum atomic E-state index is 10.2. The van der Waals surface area contributed by atoms with Crippen LogP contribution in [0.3, 0.4) is 0 Å². The molecule has 0 fully saturated rings. The van der Waals surface area contributed by atoms with Crippen molar-refractivity contribution in [3.05, 3.63) is 58.6 Å². The number of rotatable bonds is 6. The lowest BCUT2D eigenvalue weighted by molar-refractivity contribution is 0.316. The topological polar surface area (TPSA) is 41.5 Å². The smallest absolute Gasteiger partial charge is 0.162 e. The quantitative estimate of drug-likeness (QED) is 0.836.